The average Bonchev–Trinajstić information content (AvgIpc) is 1.96. The van der Waals surface area contributed by atoms with Crippen LogP contribution in [0.5, 0.6) is 0 Å². The van der Waals surface area contributed by atoms with Gasteiger partial charge in [-0.3, -0.25) is 0 Å². The molecule has 12 heavy (non-hydrogen) atoms. The maximum Gasteiger partial charge on any atom is -0.0206 e. The molecule has 0 aliphatic rings. The van der Waals surface area contributed by atoms with Gasteiger partial charge in [0.25, 0.3) is 0 Å². The molecule has 0 amide bonds. The smallest absolute Gasteiger partial charge is 0.0206 e. The van der Waals surface area contributed by atoms with Crippen LogP contribution in [-0.4, -0.2) is 0 Å². The van der Waals surface area contributed by atoms with Crippen LogP contribution in [0, 0.1) is 5.92 Å². The second kappa shape index (κ2) is 6.05. The minimum Gasteiger partial charge on any atom is -0.100 e. The lowest BCUT2D eigenvalue weighted by atomic mass is 9.91. The zero-order valence-corrected chi connectivity index (χ0v) is 8.82. The van der Waals surface area contributed by atoms with Crippen molar-refractivity contribution in [3.63, 3.8) is 0 Å². The van der Waals surface area contributed by atoms with Crippen LogP contribution in [0.1, 0.15) is 46.5 Å². The van der Waals surface area contributed by atoms with Crippen molar-refractivity contribution in [3.8, 4) is 0 Å². The molecule has 0 heterocycles. The van der Waals surface area contributed by atoms with Gasteiger partial charge in [0.2, 0.25) is 0 Å². The Morgan fingerprint density at radius 2 is 1.75 bits per heavy atom. The monoisotopic (exact) mass is 166 g/mol. The molecule has 0 rings (SSSR count). The summed E-state index contributed by atoms with van der Waals surface area (Å²) in [4.78, 5) is 0. The normalized spacial score (nSPS) is 12.6. The minimum absolute atomic E-state index is 0.715. The predicted octanol–water partition coefficient (Wildman–Crippen LogP) is 4.34. The zero-order valence-electron chi connectivity index (χ0n) is 8.82. The molecule has 0 fully saturated rings. The van der Waals surface area contributed by atoms with E-state index < -0.39 is 0 Å². The van der Waals surface area contributed by atoms with Gasteiger partial charge < -0.3 is 0 Å². The fraction of sp³-hybridized carbons (Fsp3) is 0.667. The molecule has 0 bridgehead atoms. The number of rotatable bonds is 6. The van der Waals surface area contributed by atoms with Gasteiger partial charge in [0, 0.05) is 0 Å². The first-order valence-electron chi connectivity index (χ1n) is 4.87. The van der Waals surface area contributed by atoms with Gasteiger partial charge in [0.05, 0.1) is 0 Å². The van der Waals surface area contributed by atoms with Crippen molar-refractivity contribution in [2.24, 2.45) is 5.92 Å². The molecule has 0 saturated heterocycles. The van der Waals surface area contributed by atoms with Crippen LogP contribution in [0.4, 0.5) is 0 Å². The summed E-state index contributed by atoms with van der Waals surface area (Å²) in [7, 11) is 0. The molecule has 1 atom stereocenters. The maximum absolute atomic E-state index is 4.02. The molecule has 0 radical (unpaired) electrons. The van der Waals surface area contributed by atoms with Crippen molar-refractivity contribution in [2.45, 2.75) is 46.5 Å². The third kappa shape index (κ3) is 5.17. The fourth-order valence-corrected chi connectivity index (χ4v) is 1.41. The third-order valence-corrected chi connectivity index (χ3v) is 2.25. The van der Waals surface area contributed by atoms with E-state index in [9.17, 15) is 0 Å². The molecule has 0 spiro atoms. The topological polar surface area (TPSA) is 0 Å². The van der Waals surface area contributed by atoms with Gasteiger partial charge in [-0.05, 0) is 39.0 Å². The van der Waals surface area contributed by atoms with Crippen LogP contribution in [0.15, 0.2) is 24.3 Å². The van der Waals surface area contributed by atoms with Gasteiger partial charge in [0.1, 0.15) is 0 Å². The van der Waals surface area contributed by atoms with E-state index in [4.69, 9.17) is 0 Å². The Labute approximate surface area is 77.4 Å². The lowest BCUT2D eigenvalue weighted by Crippen LogP contribution is -2.00. The molecule has 0 N–H and O–H groups in total. The van der Waals surface area contributed by atoms with Crippen molar-refractivity contribution in [1.29, 1.82) is 0 Å². The Morgan fingerprint density at radius 3 is 2.08 bits per heavy atom. The molecule has 0 nitrogen and oxygen atoms in total. The molecule has 0 aromatic rings. The molecule has 70 valence electrons. The van der Waals surface area contributed by atoms with Crippen molar-refractivity contribution in [1.82, 2.24) is 0 Å². The fourth-order valence-electron chi connectivity index (χ4n) is 1.41. The summed E-state index contributed by atoms with van der Waals surface area (Å²) < 4.78 is 0. The number of hydrogen-bond acceptors (Lipinski definition) is 0. The summed E-state index contributed by atoms with van der Waals surface area (Å²) >= 11 is 0. The Bertz CT molecular complexity index is 153. The predicted molar refractivity (Wildman–Crippen MR) is 57.3 cm³/mol. The van der Waals surface area contributed by atoms with E-state index in [0.29, 0.717) is 5.92 Å². The van der Waals surface area contributed by atoms with Crippen molar-refractivity contribution in [2.75, 3.05) is 0 Å². The van der Waals surface area contributed by atoms with Crippen molar-refractivity contribution in [3.05, 3.63) is 24.3 Å². The highest BCUT2D eigenvalue weighted by Gasteiger charge is 2.07. The highest BCUT2D eigenvalue weighted by molar-refractivity contribution is 4.98. The number of hydrogen-bond donors (Lipinski definition) is 0. The zero-order chi connectivity index (χ0) is 9.56. The van der Waals surface area contributed by atoms with Crippen LogP contribution < -0.4 is 0 Å². The molecule has 0 aliphatic carbocycles. The Morgan fingerprint density at radius 1 is 1.17 bits per heavy atom. The standard InChI is InChI=1S/C12H22/c1-6-7-12(11(4)5)9-8-10(2)3/h12H,2,4,6-9H2,1,3,5H3. The number of allylic oxidation sites excluding steroid dienone is 2. The third-order valence-electron chi connectivity index (χ3n) is 2.25. The summed E-state index contributed by atoms with van der Waals surface area (Å²) in [6.45, 7) is 14.4. The summed E-state index contributed by atoms with van der Waals surface area (Å²) in [5.74, 6) is 0.715. The highest BCUT2D eigenvalue weighted by atomic mass is 14.1. The van der Waals surface area contributed by atoms with E-state index in [-0.39, 0.29) is 0 Å². The lowest BCUT2D eigenvalue weighted by Gasteiger charge is -2.15. The van der Waals surface area contributed by atoms with Gasteiger partial charge in [-0.25, -0.2) is 0 Å². The largest absolute Gasteiger partial charge is 0.100 e. The van der Waals surface area contributed by atoms with Gasteiger partial charge in [-0.1, -0.05) is 31.1 Å². The molecule has 0 saturated carbocycles. The van der Waals surface area contributed by atoms with Crippen LogP contribution in [0.2, 0.25) is 0 Å². The van der Waals surface area contributed by atoms with Gasteiger partial charge in [0.15, 0.2) is 0 Å². The van der Waals surface area contributed by atoms with Gasteiger partial charge in [-0.2, -0.15) is 0 Å². The SMILES string of the molecule is C=C(C)CCC(CCC)C(=C)C. The maximum atomic E-state index is 4.02. The van der Waals surface area contributed by atoms with Crippen LogP contribution in [-0.2, 0) is 0 Å². The second-order valence-corrected chi connectivity index (χ2v) is 3.83. The van der Waals surface area contributed by atoms with E-state index in [1.807, 2.05) is 0 Å². The molecule has 1 unspecified atom stereocenters. The second-order valence-electron chi connectivity index (χ2n) is 3.83. The minimum atomic E-state index is 0.715. The quantitative estimate of drug-likeness (QED) is 0.515. The molecule has 0 heteroatoms. The lowest BCUT2D eigenvalue weighted by molar-refractivity contribution is 0.511. The Hall–Kier alpha value is -0.520. The highest BCUT2D eigenvalue weighted by Crippen LogP contribution is 2.22. The van der Waals surface area contributed by atoms with Crippen LogP contribution in [0.25, 0.3) is 0 Å². The van der Waals surface area contributed by atoms with E-state index >= 15 is 0 Å². The summed E-state index contributed by atoms with van der Waals surface area (Å²) in [6, 6.07) is 0. The molecule has 0 aromatic carbocycles. The van der Waals surface area contributed by atoms with Gasteiger partial charge in [-0.15, -0.1) is 6.58 Å². The van der Waals surface area contributed by atoms with Crippen molar-refractivity contribution < 1.29 is 0 Å². The Balaban J connectivity index is 3.79. The van der Waals surface area contributed by atoms with Crippen LogP contribution >= 0.6 is 0 Å². The van der Waals surface area contributed by atoms with Crippen LogP contribution in [0.3, 0.4) is 0 Å². The first-order chi connectivity index (χ1) is 5.57. The van der Waals surface area contributed by atoms with Crippen molar-refractivity contribution >= 4 is 0 Å². The molecular weight excluding hydrogens is 144 g/mol. The van der Waals surface area contributed by atoms with E-state index in [0.717, 1.165) is 6.42 Å². The summed E-state index contributed by atoms with van der Waals surface area (Å²) in [6.07, 6.45) is 4.92. The average molecular weight is 166 g/mol. The Kier molecular flexibility index (Phi) is 5.79. The van der Waals surface area contributed by atoms with E-state index in [1.54, 1.807) is 0 Å². The van der Waals surface area contributed by atoms with E-state index in [2.05, 4.69) is 33.9 Å². The first kappa shape index (κ1) is 11.5. The van der Waals surface area contributed by atoms with E-state index in [1.165, 1.54) is 30.4 Å². The first-order valence-corrected chi connectivity index (χ1v) is 4.87. The molecular formula is C12H22. The molecule has 0 aromatic heterocycles. The summed E-state index contributed by atoms with van der Waals surface area (Å²) in [5.41, 5.74) is 2.62. The van der Waals surface area contributed by atoms with Gasteiger partial charge >= 0.3 is 0 Å². The molecule has 0 aliphatic heterocycles. The summed E-state index contributed by atoms with van der Waals surface area (Å²) in [5, 5.41) is 0.